The maximum Gasteiger partial charge on any atom is 0.319 e. The highest BCUT2D eigenvalue weighted by Gasteiger charge is 2.14. The Labute approximate surface area is 113 Å². The van der Waals surface area contributed by atoms with Crippen LogP contribution >= 0.6 is 0 Å². The third kappa shape index (κ3) is 3.94. The molecule has 0 bridgehead atoms. The van der Waals surface area contributed by atoms with Crippen LogP contribution in [0.4, 0.5) is 10.5 Å². The molecule has 0 atom stereocenters. The predicted octanol–water partition coefficient (Wildman–Crippen LogP) is 2.24. The molecule has 106 valence electrons. The van der Waals surface area contributed by atoms with E-state index in [0.29, 0.717) is 22.9 Å². The van der Waals surface area contributed by atoms with Crippen molar-refractivity contribution < 1.29 is 19.0 Å². The van der Waals surface area contributed by atoms with Gasteiger partial charge in [0.05, 0.1) is 27.0 Å². The Kier molecular flexibility index (Phi) is 5.29. The minimum atomic E-state index is -0.288. The molecule has 1 aromatic rings. The highest BCUT2D eigenvalue weighted by atomic mass is 16.5. The smallest absolute Gasteiger partial charge is 0.319 e. The van der Waals surface area contributed by atoms with Gasteiger partial charge in [0.1, 0.15) is 0 Å². The van der Waals surface area contributed by atoms with E-state index in [9.17, 15) is 4.79 Å². The molecule has 6 heteroatoms. The summed E-state index contributed by atoms with van der Waals surface area (Å²) >= 11 is 0. The van der Waals surface area contributed by atoms with Crippen LogP contribution in [0.15, 0.2) is 12.1 Å². The van der Waals surface area contributed by atoms with Crippen molar-refractivity contribution in [3.05, 3.63) is 12.1 Å². The fourth-order valence-corrected chi connectivity index (χ4v) is 1.58. The molecule has 0 fully saturated rings. The number of benzene rings is 1. The number of hydrogen-bond donors (Lipinski definition) is 2. The van der Waals surface area contributed by atoms with E-state index in [2.05, 4.69) is 10.6 Å². The van der Waals surface area contributed by atoms with E-state index >= 15 is 0 Å². The molecular weight excluding hydrogens is 248 g/mol. The zero-order valence-corrected chi connectivity index (χ0v) is 11.9. The number of methoxy groups -OCH3 is 3. The second kappa shape index (κ2) is 6.72. The van der Waals surface area contributed by atoms with Gasteiger partial charge < -0.3 is 24.8 Å². The Hall–Kier alpha value is -2.11. The third-order valence-electron chi connectivity index (χ3n) is 2.34. The van der Waals surface area contributed by atoms with Crippen molar-refractivity contribution in [1.29, 1.82) is 0 Å². The van der Waals surface area contributed by atoms with Gasteiger partial charge in [-0.2, -0.15) is 0 Å². The number of ether oxygens (including phenoxy) is 3. The van der Waals surface area contributed by atoms with Crippen molar-refractivity contribution >= 4 is 11.7 Å². The minimum absolute atomic E-state index is 0.0574. The van der Waals surface area contributed by atoms with Gasteiger partial charge in [-0.25, -0.2) is 4.79 Å². The standard InChI is InChI=1S/C13H20N2O4/c1-8(2)14-13(16)15-9-6-10(17-3)12(19-5)11(7-9)18-4/h6-8H,1-5H3,(H2,14,15,16). The SMILES string of the molecule is COc1cc(NC(=O)NC(C)C)cc(OC)c1OC. The van der Waals surface area contributed by atoms with Crippen LogP contribution in [0, 0.1) is 0 Å². The van der Waals surface area contributed by atoms with Gasteiger partial charge in [0, 0.05) is 18.2 Å². The van der Waals surface area contributed by atoms with Crippen molar-refractivity contribution in [3.63, 3.8) is 0 Å². The van der Waals surface area contributed by atoms with Crippen molar-refractivity contribution in [2.45, 2.75) is 19.9 Å². The van der Waals surface area contributed by atoms with Crippen LogP contribution in [0.3, 0.4) is 0 Å². The predicted molar refractivity (Wildman–Crippen MR) is 73.4 cm³/mol. The van der Waals surface area contributed by atoms with E-state index in [-0.39, 0.29) is 12.1 Å². The topological polar surface area (TPSA) is 68.8 Å². The highest BCUT2D eigenvalue weighted by Crippen LogP contribution is 2.39. The molecule has 0 saturated heterocycles. The fourth-order valence-electron chi connectivity index (χ4n) is 1.58. The van der Waals surface area contributed by atoms with E-state index < -0.39 is 0 Å². The summed E-state index contributed by atoms with van der Waals surface area (Å²) in [5, 5.41) is 5.44. The molecule has 0 aliphatic heterocycles. The summed E-state index contributed by atoms with van der Waals surface area (Å²) in [4.78, 5) is 11.6. The first-order chi connectivity index (χ1) is 9.01. The molecule has 1 aromatic carbocycles. The van der Waals surface area contributed by atoms with Crippen LogP contribution in [0.1, 0.15) is 13.8 Å². The molecule has 0 spiro atoms. The quantitative estimate of drug-likeness (QED) is 0.859. The molecule has 1 rings (SSSR count). The lowest BCUT2D eigenvalue weighted by Crippen LogP contribution is -2.34. The van der Waals surface area contributed by atoms with Crippen LogP contribution in [0.25, 0.3) is 0 Å². The van der Waals surface area contributed by atoms with E-state index in [0.717, 1.165) is 0 Å². The summed E-state index contributed by atoms with van der Waals surface area (Å²) in [6.45, 7) is 3.77. The molecule has 0 aliphatic carbocycles. The number of anilines is 1. The molecule has 2 amide bonds. The summed E-state index contributed by atoms with van der Waals surface area (Å²) in [6, 6.07) is 3.11. The lowest BCUT2D eigenvalue weighted by molar-refractivity contribution is 0.250. The van der Waals surface area contributed by atoms with Crippen molar-refractivity contribution in [2.24, 2.45) is 0 Å². The number of urea groups is 1. The second-order valence-electron chi connectivity index (χ2n) is 4.17. The third-order valence-corrected chi connectivity index (χ3v) is 2.34. The second-order valence-corrected chi connectivity index (χ2v) is 4.17. The molecule has 2 N–H and O–H groups in total. The molecule has 0 heterocycles. The number of rotatable bonds is 5. The summed E-state index contributed by atoms with van der Waals surface area (Å²) in [6.07, 6.45) is 0. The average Bonchev–Trinajstić information content (AvgIpc) is 2.36. The number of nitrogens with one attached hydrogen (secondary N) is 2. The number of hydrogen-bond acceptors (Lipinski definition) is 4. The summed E-state index contributed by atoms with van der Waals surface area (Å²) < 4.78 is 15.6. The molecule has 0 radical (unpaired) electrons. The number of carbonyl (C=O) groups is 1. The zero-order chi connectivity index (χ0) is 14.4. The minimum Gasteiger partial charge on any atom is -0.493 e. The summed E-state index contributed by atoms with van der Waals surface area (Å²) in [5.74, 6) is 1.46. The van der Waals surface area contributed by atoms with Crippen LogP contribution < -0.4 is 24.8 Å². The van der Waals surface area contributed by atoms with Crippen LogP contribution in [-0.4, -0.2) is 33.4 Å². The van der Waals surface area contributed by atoms with E-state index in [1.807, 2.05) is 13.8 Å². The number of amides is 2. The molecule has 0 aliphatic rings. The number of carbonyl (C=O) groups excluding carboxylic acids is 1. The molecule has 0 unspecified atom stereocenters. The van der Waals surface area contributed by atoms with Gasteiger partial charge in [0.2, 0.25) is 5.75 Å². The lowest BCUT2D eigenvalue weighted by Gasteiger charge is -2.15. The zero-order valence-electron chi connectivity index (χ0n) is 11.9. The largest absolute Gasteiger partial charge is 0.493 e. The molecular formula is C13H20N2O4. The van der Waals surface area contributed by atoms with E-state index in [4.69, 9.17) is 14.2 Å². The fraction of sp³-hybridized carbons (Fsp3) is 0.462. The molecule has 6 nitrogen and oxygen atoms in total. The Bertz CT molecular complexity index is 421. The van der Waals surface area contributed by atoms with E-state index in [1.165, 1.54) is 21.3 Å². The maximum atomic E-state index is 11.6. The van der Waals surface area contributed by atoms with Gasteiger partial charge >= 0.3 is 6.03 Å². The van der Waals surface area contributed by atoms with Gasteiger partial charge in [-0.15, -0.1) is 0 Å². The Morgan fingerprint density at radius 1 is 1.05 bits per heavy atom. The first-order valence-corrected chi connectivity index (χ1v) is 5.89. The molecule has 0 aromatic heterocycles. The Morgan fingerprint density at radius 3 is 1.95 bits per heavy atom. The summed E-state index contributed by atoms with van der Waals surface area (Å²) in [7, 11) is 4.57. The van der Waals surface area contributed by atoms with Crippen molar-refractivity contribution in [2.75, 3.05) is 26.6 Å². The first kappa shape index (κ1) is 14.9. The van der Waals surface area contributed by atoms with Gasteiger partial charge in [-0.3, -0.25) is 0 Å². The van der Waals surface area contributed by atoms with Gasteiger partial charge in [0.25, 0.3) is 0 Å². The van der Waals surface area contributed by atoms with Crippen LogP contribution in [0.2, 0.25) is 0 Å². The Balaban J connectivity index is 2.99. The average molecular weight is 268 g/mol. The monoisotopic (exact) mass is 268 g/mol. The van der Waals surface area contributed by atoms with Crippen molar-refractivity contribution in [3.8, 4) is 17.2 Å². The lowest BCUT2D eigenvalue weighted by atomic mass is 10.2. The normalized spacial score (nSPS) is 10.0. The van der Waals surface area contributed by atoms with Gasteiger partial charge in [-0.05, 0) is 13.8 Å². The van der Waals surface area contributed by atoms with E-state index in [1.54, 1.807) is 12.1 Å². The van der Waals surface area contributed by atoms with Crippen molar-refractivity contribution in [1.82, 2.24) is 5.32 Å². The Morgan fingerprint density at radius 2 is 1.58 bits per heavy atom. The molecule has 0 saturated carbocycles. The molecule has 19 heavy (non-hydrogen) atoms. The van der Waals surface area contributed by atoms with Crippen LogP contribution in [-0.2, 0) is 0 Å². The van der Waals surface area contributed by atoms with Gasteiger partial charge in [-0.1, -0.05) is 0 Å². The van der Waals surface area contributed by atoms with Crippen LogP contribution in [0.5, 0.6) is 17.2 Å². The van der Waals surface area contributed by atoms with Gasteiger partial charge in [0.15, 0.2) is 11.5 Å². The first-order valence-electron chi connectivity index (χ1n) is 5.89. The summed E-state index contributed by atoms with van der Waals surface area (Å²) in [5.41, 5.74) is 0.563. The maximum absolute atomic E-state index is 11.6. The highest BCUT2D eigenvalue weighted by molar-refractivity contribution is 5.90.